The smallest absolute Gasteiger partial charge is 0.0899 e. The van der Waals surface area contributed by atoms with E-state index in [0.29, 0.717) is 16.4 Å². The van der Waals surface area contributed by atoms with Crippen molar-refractivity contribution >= 4 is 17.2 Å². The van der Waals surface area contributed by atoms with Crippen molar-refractivity contribution in [2.75, 3.05) is 7.05 Å². The molecule has 2 nitrogen and oxygen atoms in total. The van der Waals surface area contributed by atoms with E-state index in [2.05, 4.69) is 32.7 Å². The second-order valence-corrected chi connectivity index (χ2v) is 5.44. The van der Waals surface area contributed by atoms with E-state index in [0.717, 1.165) is 0 Å². The fourth-order valence-corrected chi connectivity index (χ4v) is 2.19. The molecule has 0 aliphatic heterocycles. The molecule has 1 aliphatic rings. The van der Waals surface area contributed by atoms with Crippen LogP contribution in [0.4, 0.5) is 0 Å². The molecule has 0 heterocycles. The van der Waals surface area contributed by atoms with E-state index >= 15 is 0 Å². The summed E-state index contributed by atoms with van der Waals surface area (Å²) in [6.45, 7) is 6.69. The zero-order valence-corrected chi connectivity index (χ0v) is 9.82. The minimum atomic E-state index is 0.232. The number of hydrogen-bond donors (Lipinski definition) is 1. The Hall–Kier alpha value is -0.150. The van der Waals surface area contributed by atoms with Gasteiger partial charge >= 0.3 is 0 Å². The quantitative estimate of drug-likeness (QED) is 0.704. The van der Waals surface area contributed by atoms with Gasteiger partial charge in [0.2, 0.25) is 0 Å². The highest BCUT2D eigenvalue weighted by atomic mass is 32.1. The lowest BCUT2D eigenvalue weighted by Gasteiger charge is -2.48. The first-order chi connectivity index (χ1) is 5.83. The van der Waals surface area contributed by atoms with Gasteiger partial charge in [0.15, 0.2) is 0 Å². The maximum atomic E-state index is 5.61. The summed E-state index contributed by atoms with van der Waals surface area (Å²) in [7, 11) is 2.11. The Morgan fingerprint density at radius 2 is 2.00 bits per heavy atom. The minimum Gasteiger partial charge on any atom is -0.392 e. The maximum Gasteiger partial charge on any atom is 0.0899 e. The lowest BCUT2D eigenvalue weighted by Crippen LogP contribution is -2.52. The van der Waals surface area contributed by atoms with Gasteiger partial charge in [-0.25, -0.2) is 0 Å². The topological polar surface area (TPSA) is 29.3 Å². The van der Waals surface area contributed by atoms with Crippen LogP contribution in [0.3, 0.4) is 0 Å². The highest BCUT2D eigenvalue weighted by Gasteiger charge is 2.39. The normalized spacial score (nSPS) is 24.1. The molecular weight excluding hydrogens is 180 g/mol. The first-order valence-electron chi connectivity index (χ1n) is 4.85. The molecule has 1 fully saturated rings. The van der Waals surface area contributed by atoms with Gasteiger partial charge in [0, 0.05) is 6.04 Å². The molecule has 13 heavy (non-hydrogen) atoms. The number of thiocarbonyl (C=S) groups is 1. The van der Waals surface area contributed by atoms with Crippen molar-refractivity contribution in [3.8, 4) is 0 Å². The van der Waals surface area contributed by atoms with Crippen molar-refractivity contribution in [3.63, 3.8) is 0 Å². The Labute approximate surface area is 86.5 Å². The van der Waals surface area contributed by atoms with Crippen molar-refractivity contribution in [1.82, 2.24) is 4.90 Å². The second kappa shape index (κ2) is 3.54. The number of nitrogens with zero attached hydrogens (tertiary/aromatic N) is 1. The first-order valence-corrected chi connectivity index (χ1v) is 5.25. The predicted molar refractivity (Wildman–Crippen MR) is 60.8 cm³/mol. The minimum absolute atomic E-state index is 0.232. The van der Waals surface area contributed by atoms with E-state index in [1.54, 1.807) is 0 Å². The fourth-order valence-electron chi connectivity index (χ4n) is 2.02. The van der Waals surface area contributed by atoms with Gasteiger partial charge in [-0.3, -0.25) is 4.90 Å². The zero-order valence-electron chi connectivity index (χ0n) is 9.00. The monoisotopic (exact) mass is 200 g/mol. The molecule has 0 aromatic rings. The van der Waals surface area contributed by atoms with Gasteiger partial charge in [-0.1, -0.05) is 26.1 Å². The maximum absolute atomic E-state index is 5.61. The Kier molecular flexibility index (Phi) is 2.98. The molecule has 3 heteroatoms. The number of hydrogen-bond acceptors (Lipinski definition) is 2. The van der Waals surface area contributed by atoms with Crippen LogP contribution in [0.15, 0.2) is 0 Å². The van der Waals surface area contributed by atoms with Crippen molar-refractivity contribution < 1.29 is 0 Å². The van der Waals surface area contributed by atoms with Crippen molar-refractivity contribution in [2.24, 2.45) is 11.1 Å². The number of nitrogens with two attached hydrogens (primary N) is 1. The molecule has 0 bridgehead atoms. The molecule has 1 saturated carbocycles. The average Bonchev–Trinajstić information content (AvgIpc) is 1.97. The number of rotatable bonds is 3. The third-order valence-electron chi connectivity index (χ3n) is 3.18. The molecule has 76 valence electrons. The molecule has 1 atom stereocenters. The summed E-state index contributed by atoms with van der Waals surface area (Å²) in [5.41, 5.74) is 6.13. The van der Waals surface area contributed by atoms with Gasteiger partial charge in [-0.05, 0) is 32.2 Å². The van der Waals surface area contributed by atoms with Crippen molar-refractivity contribution in [1.29, 1.82) is 0 Å². The third-order valence-corrected chi connectivity index (χ3v) is 3.52. The van der Waals surface area contributed by atoms with E-state index in [1.807, 2.05) is 0 Å². The summed E-state index contributed by atoms with van der Waals surface area (Å²) in [6, 6.07) is 0.905. The summed E-state index contributed by atoms with van der Waals surface area (Å²) in [5, 5.41) is 0. The Morgan fingerprint density at radius 1 is 1.54 bits per heavy atom. The van der Waals surface area contributed by atoms with Gasteiger partial charge in [-0.15, -0.1) is 0 Å². The van der Waals surface area contributed by atoms with Crippen molar-refractivity contribution in [2.45, 2.75) is 45.7 Å². The summed E-state index contributed by atoms with van der Waals surface area (Å²) in [5.74, 6) is 0. The van der Waals surface area contributed by atoms with Crippen molar-refractivity contribution in [3.05, 3.63) is 0 Å². The van der Waals surface area contributed by atoms with Gasteiger partial charge in [0.1, 0.15) is 0 Å². The molecule has 0 aromatic heterocycles. The largest absolute Gasteiger partial charge is 0.392 e. The fraction of sp³-hybridized carbons (Fsp3) is 0.900. The second-order valence-electron chi connectivity index (χ2n) is 4.97. The lowest BCUT2D eigenvalue weighted by atomic mass is 9.68. The zero-order chi connectivity index (χ0) is 10.2. The Morgan fingerprint density at radius 3 is 2.31 bits per heavy atom. The lowest BCUT2D eigenvalue weighted by molar-refractivity contribution is 0.0348. The summed E-state index contributed by atoms with van der Waals surface area (Å²) in [6.07, 6.45) is 2.52. The van der Waals surface area contributed by atoms with E-state index < -0.39 is 0 Å². The molecule has 0 spiro atoms. The van der Waals surface area contributed by atoms with Crippen LogP contribution < -0.4 is 5.73 Å². The molecule has 1 rings (SSSR count). The van der Waals surface area contributed by atoms with Crippen LogP contribution in [0.5, 0.6) is 0 Å². The van der Waals surface area contributed by atoms with Gasteiger partial charge < -0.3 is 5.73 Å². The average molecular weight is 200 g/mol. The summed E-state index contributed by atoms with van der Waals surface area (Å²) in [4.78, 5) is 2.90. The third kappa shape index (κ3) is 2.41. The van der Waals surface area contributed by atoms with Crippen LogP contribution in [0, 0.1) is 5.41 Å². The Bertz CT molecular complexity index is 205. The van der Waals surface area contributed by atoms with E-state index in [4.69, 9.17) is 18.0 Å². The molecule has 0 amide bonds. The van der Waals surface area contributed by atoms with Crippen LogP contribution in [-0.4, -0.2) is 29.0 Å². The molecule has 0 aromatic carbocycles. The standard InChI is InChI=1S/C10H20N2S/c1-7(9(11)13)12(4)8-5-10(2,3)6-8/h7-8H,5-6H2,1-4H3,(H2,11,13). The van der Waals surface area contributed by atoms with E-state index in [1.165, 1.54) is 12.8 Å². The highest BCUT2D eigenvalue weighted by Crippen LogP contribution is 2.42. The SMILES string of the molecule is CC(C(N)=S)N(C)C1CC(C)(C)C1. The van der Waals surface area contributed by atoms with Crippen LogP contribution in [0.1, 0.15) is 33.6 Å². The Balaban J connectivity index is 2.43. The van der Waals surface area contributed by atoms with Gasteiger partial charge in [0.25, 0.3) is 0 Å². The molecule has 1 unspecified atom stereocenters. The van der Waals surface area contributed by atoms with E-state index in [-0.39, 0.29) is 6.04 Å². The summed E-state index contributed by atoms with van der Waals surface area (Å²) >= 11 is 4.98. The molecule has 1 aliphatic carbocycles. The van der Waals surface area contributed by atoms with Gasteiger partial charge in [-0.2, -0.15) is 0 Å². The molecular formula is C10H20N2S. The van der Waals surface area contributed by atoms with Crippen LogP contribution in [0.2, 0.25) is 0 Å². The first kappa shape index (κ1) is 10.9. The highest BCUT2D eigenvalue weighted by molar-refractivity contribution is 7.80. The summed E-state index contributed by atoms with van der Waals surface area (Å²) < 4.78 is 0. The molecule has 0 saturated heterocycles. The predicted octanol–water partition coefficient (Wildman–Crippen LogP) is 1.78. The molecule has 0 radical (unpaired) electrons. The van der Waals surface area contributed by atoms with Crippen LogP contribution in [-0.2, 0) is 0 Å². The van der Waals surface area contributed by atoms with Gasteiger partial charge in [0.05, 0.1) is 11.0 Å². The van der Waals surface area contributed by atoms with E-state index in [9.17, 15) is 0 Å². The van der Waals surface area contributed by atoms with Crippen LogP contribution in [0.25, 0.3) is 0 Å². The number of likely N-dealkylation sites (N-methyl/N-ethyl adjacent to an activating group) is 1. The molecule has 2 N–H and O–H groups in total. The van der Waals surface area contributed by atoms with Crippen LogP contribution >= 0.6 is 12.2 Å².